The summed E-state index contributed by atoms with van der Waals surface area (Å²) < 4.78 is 0. The molecule has 10 nitrogen and oxygen atoms in total. The van der Waals surface area contributed by atoms with Crippen LogP contribution >= 0.6 is 0 Å². The molecule has 2 unspecified atom stereocenters. The zero-order chi connectivity index (χ0) is 25.2. The Bertz CT molecular complexity index is 1350. The van der Waals surface area contributed by atoms with Crippen LogP contribution in [0.15, 0.2) is 60.7 Å². The number of hydrogen-bond donors (Lipinski definition) is 1. The van der Waals surface area contributed by atoms with Gasteiger partial charge in [0.2, 0.25) is 11.9 Å². The van der Waals surface area contributed by atoms with E-state index in [9.17, 15) is 24.8 Å². The summed E-state index contributed by atoms with van der Waals surface area (Å²) in [7, 11) is 0. The summed E-state index contributed by atoms with van der Waals surface area (Å²) in [6.07, 6.45) is 4.53. The first-order valence-electron chi connectivity index (χ1n) is 11.9. The fourth-order valence-electron chi connectivity index (χ4n) is 4.90. The van der Waals surface area contributed by atoms with Gasteiger partial charge in [-0.1, -0.05) is 42.5 Å². The summed E-state index contributed by atoms with van der Waals surface area (Å²) in [5.41, 5.74) is 2.00. The van der Waals surface area contributed by atoms with Crippen LogP contribution in [-0.4, -0.2) is 63.0 Å². The molecule has 5 rings (SSSR count). The number of nitro groups is 1. The van der Waals surface area contributed by atoms with Gasteiger partial charge in [-0.3, -0.25) is 19.7 Å². The predicted molar refractivity (Wildman–Crippen MR) is 133 cm³/mol. The van der Waals surface area contributed by atoms with Gasteiger partial charge in [0.15, 0.2) is 0 Å². The van der Waals surface area contributed by atoms with Gasteiger partial charge in [0.05, 0.1) is 28.0 Å². The molecular weight excluding hydrogens is 462 g/mol. The van der Waals surface area contributed by atoms with Crippen LogP contribution in [0.1, 0.15) is 12.8 Å². The Balaban J connectivity index is 1.40. The van der Waals surface area contributed by atoms with Gasteiger partial charge in [-0.05, 0) is 18.9 Å². The minimum absolute atomic E-state index is 0.0274. The minimum atomic E-state index is -0.936. The molecule has 2 atom stereocenters. The topological polar surface area (TPSA) is 130 Å². The molecule has 1 N–H and O–H groups in total. The third-order valence-corrected chi connectivity index (χ3v) is 6.87. The van der Waals surface area contributed by atoms with Crippen molar-refractivity contribution >= 4 is 34.4 Å². The first-order chi connectivity index (χ1) is 17.4. The van der Waals surface area contributed by atoms with Crippen molar-refractivity contribution in [1.82, 2.24) is 14.9 Å². The molecule has 184 valence electrons. The van der Waals surface area contributed by atoms with Crippen LogP contribution in [0.5, 0.6) is 0 Å². The van der Waals surface area contributed by atoms with Gasteiger partial charge in [-0.15, -0.1) is 0 Å². The number of nitrogens with zero attached hydrogens (tertiary/aromatic N) is 5. The first-order valence-corrected chi connectivity index (χ1v) is 11.9. The van der Waals surface area contributed by atoms with Crippen LogP contribution in [0, 0.1) is 22.0 Å². The monoisotopic (exact) mass is 487 g/mol. The van der Waals surface area contributed by atoms with Crippen molar-refractivity contribution in [1.29, 1.82) is 0 Å². The summed E-state index contributed by atoms with van der Waals surface area (Å²) >= 11 is 0. The molecule has 1 saturated heterocycles. The van der Waals surface area contributed by atoms with Crippen LogP contribution in [0.2, 0.25) is 0 Å². The number of allylic oxidation sites excluding steroid dienone is 2. The van der Waals surface area contributed by atoms with E-state index in [1.165, 1.54) is 12.1 Å². The Labute approximate surface area is 207 Å². The molecule has 1 fully saturated rings. The van der Waals surface area contributed by atoms with Crippen LogP contribution in [-0.2, 0) is 9.59 Å². The van der Waals surface area contributed by atoms with Crippen molar-refractivity contribution in [3.05, 3.63) is 70.8 Å². The minimum Gasteiger partial charge on any atom is -0.481 e. The van der Waals surface area contributed by atoms with Gasteiger partial charge < -0.3 is 14.9 Å². The third kappa shape index (κ3) is 4.49. The van der Waals surface area contributed by atoms with Gasteiger partial charge in [0, 0.05) is 49.3 Å². The van der Waals surface area contributed by atoms with Gasteiger partial charge in [-0.25, -0.2) is 9.97 Å². The lowest BCUT2D eigenvalue weighted by Crippen LogP contribution is -2.52. The maximum Gasteiger partial charge on any atom is 0.307 e. The molecule has 1 aliphatic carbocycles. The number of fused-ring (bicyclic) bond motifs is 1. The Morgan fingerprint density at radius 3 is 2.31 bits per heavy atom. The SMILES string of the molecule is O=C(O)C1CC=CCC1C(=O)N1CCN(c2nc(-c3ccccc3)c3cc([N+](=O)[O-])ccc3n2)CC1. The molecule has 0 saturated carbocycles. The van der Waals surface area contributed by atoms with E-state index in [1.807, 2.05) is 47.4 Å². The summed E-state index contributed by atoms with van der Waals surface area (Å²) in [6.45, 7) is 1.87. The van der Waals surface area contributed by atoms with Crippen molar-refractivity contribution in [2.24, 2.45) is 11.8 Å². The number of carboxylic acids is 1. The Morgan fingerprint density at radius 2 is 1.64 bits per heavy atom. The largest absolute Gasteiger partial charge is 0.481 e. The van der Waals surface area contributed by atoms with E-state index in [-0.39, 0.29) is 11.6 Å². The number of non-ortho nitro benzene ring substituents is 1. The molecule has 2 heterocycles. The quantitative estimate of drug-likeness (QED) is 0.329. The number of nitro benzene ring substituents is 1. The normalized spacial score (nSPS) is 19.9. The molecule has 2 aliphatic rings. The molecule has 1 aromatic heterocycles. The van der Waals surface area contributed by atoms with E-state index in [0.29, 0.717) is 61.6 Å². The standard InChI is InChI=1S/C26H25N5O5/c32-24(19-8-4-5-9-20(19)25(33)34)29-12-14-30(15-13-29)26-27-22-11-10-18(31(35)36)16-21(22)23(28-26)17-6-2-1-3-7-17/h1-7,10-11,16,19-20H,8-9,12-15H2,(H,33,34). The molecule has 0 bridgehead atoms. The molecule has 3 aromatic rings. The van der Waals surface area contributed by atoms with E-state index in [2.05, 4.69) is 4.98 Å². The van der Waals surface area contributed by atoms with Crippen LogP contribution in [0.4, 0.5) is 11.6 Å². The van der Waals surface area contributed by atoms with Crippen molar-refractivity contribution < 1.29 is 19.6 Å². The summed E-state index contributed by atoms with van der Waals surface area (Å²) in [6, 6.07) is 14.0. The number of carbonyl (C=O) groups excluding carboxylic acids is 1. The number of piperazine rings is 1. The summed E-state index contributed by atoms with van der Waals surface area (Å²) in [5.74, 6) is -1.80. The molecule has 1 amide bonds. The van der Waals surface area contributed by atoms with E-state index in [4.69, 9.17) is 4.98 Å². The third-order valence-electron chi connectivity index (χ3n) is 6.87. The molecular formula is C26H25N5O5. The number of benzene rings is 2. The highest BCUT2D eigenvalue weighted by Gasteiger charge is 2.37. The summed E-state index contributed by atoms with van der Waals surface area (Å²) in [5, 5.41) is 21.5. The van der Waals surface area contributed by atoms with E-state index in [0.717, 1.165) is 5.56 Å². The van der Waals surface area contributed by atoms with Crippen molar-refractivity contribution in [3.8, 4) is 11.3 Å². The van der Waals surface area contributed by atoms with Crippen LogP contribution in [0.25, 0.3) is 22.2 Å². The first kappa shape index (κ1) is 23.4. The fourth-order valence-corrected chi connectivity index (χ4v) is 4.90. The Kier molecular flexibility index (Phi) is 6.32. The number of anilines is 1. The average molecular weight is 488 g/mol. The molecule has 36 heavy (non-hydrogen) atoms. The number of amides is 1. The zero-order valence-corrected chi connectivity index (χ0v) is 19.5. The van der Waals surface area contributed by atoms with E-state index in [1.54, 1.807) is 11.0 Å². The highest BCUT2D eigenvalue weighted by molar-refractivity contribution is 5.94. The molecule has 10 heteroatoms. The van der Waals surface area contributed by atoms with Crippen LogP contribution < -0.4 is 4.90 Å². The van der Waals surface area contributed by atoms with E-state index >= 15 is 0 Å². The second-order valence-electron chi connectivity index (χ2n) is 9.00. The Hall–Kier alpha value is -4.34. The van der Waals surface area contributed by atoms with Gasteiger partial charge in [-0.2, -0.15) is 0 Å². The van der Waals surface area contributed by atoms with E-state index < -0.39 is 22.7 Å². The van der Waals surface area contributed by atoms with Gasteiger partial charge in [0.1, 0.15) is 0 Å². The second kappa shape index (κ2) is 9.73. The highest BCUT2D eigenvalue weighted by Crippen LogP contribution is 2.32. The predicted octanol–water partition coefficient (Wildman–Crippen LogP) is 3.52. The van der Waals surface area contributed by atoms with Crippen molar-refractivity contribution in [2.75, 3.05) is 31.1 Å². The highest BCUT2D eigenvalue weighted by atomic mass is 16.6. The zero-order valence-electron chi connectivity index (χ0n) is 19.5. The number of rotatable bonds is 5. The number of carbonyl (C=O) groups is 2. The molecule has 0 spiro atoms. The smallest absolute Gasteiger partial charge is 0.307 e. The lowest BCUT2D eigenvalue weighted by Gasteiger charge is -2.37. The number of carboxylic acid groups (broad SMARTS) is 1. The fraction of sp³-hybridized carbons (Fsp3) is 0.308. The molecule has 0 radical (unpaired) electrons. The number of aliphatic carboxylic acids is 1. The lowest BCUT2D eigenvalue weighted by molar-refractivity contribution is -0.384. The molecule has 2 aromatic carbocycles. The number of hydrogen-bond acceptors (Lipinski definition) is 7. The maximum atomic E-state index is 13.1. The van der Waals surface area contributed by atoms with Gasteiger partial charge >= 0.3 is 5.97 Å². The lowest BCUT2D eigenvalue weighted by atomic mass is 9.82. The van der Waals surface area contributed by atoms with Crippen LogP contribution in [0.3, 0.4) is 0 Å². The Morgan fingerprint density at radius 1 is 0.944 bits per heavy atom. The maximum absolute atomic E-state index is 13.1. The number of aromatic nitrogens is 2. The van der Waals surface area contributed by atoms with Crippen molar-refractivity contribution in [2.45, 2.75) is 12.8 Å². The average Bonchev–Trinajstić information content (AvgIpc) is 2.92. The van der Waals surface area contributed by atoms with Gasteiger partial charge in [0.25, 0.3) is 5.69 Å². The molecule has 1 aliphatic heterocycles. The van der Waals surface area contributed by atoms with Crippen molar-refractivity contribution in [3.63, 3.8) is 0 Å². The summed E-state index contributed by atoms with van der Waals surface area (Å²) in [4.78, 5) is 48.9. The second-order valence-corrected chi connectivity index (χ2v) is 9.00.